The summed E-state index contributed by atoms with van der Waals surface area (Å²) in [6.07, 6.45) is 4.04. The van der Waals surface area contributed by atoms with Crippen molar-refractivity contribution >= 4 is 23.2 Å². The number of hydrogen-bond donors (Lipinski definition) is 1. The lowest BCUT2D eigenvalue weighted by atomic mass is 9.91. The lowest BCUT2D eigenvalue weighted by Gasteiger charge is -2.19. The second-order valence-electron chi connectivity index (χ2n) is 6.36. The molecule has 3 aromatic rings. The van der Waals surface area contributed by atoms with Crippen LogP contribution in [0.4, 0.5) is 5.69 Å². The molecule has 0 saturated heterocycles. The molecule has 1 N–H and O–H groups in total. The number of aromatic nitrogens is 1. The summed E-state index contributed by atoms with van der Waals surface area (Å²) in [4.78, 5) is 17.3. The van der Waals surface area contributed by atoms with Gasteiger partial charge in [-0.25, -0.2) is 0 Å². The highest BCUT2D eigenvalue weighted by molar-refractivity contribution is 6.30. The van der Waals surface area contributed by atoms with Crippen molar-refractivity contribution in [2.75, 3.05) is 12.4 Å². The number of halogens is 1. The highest BCUT2D eigenvalue weighted by Crippen LogP contribution is 2.29. The molecule has 1 atom stereocenters. The topological polar surface area (TPSA) is 51.2 Å². The fourth-order valence-electron chi connectivity index (χ4n) is 2.95. The second-order valence-corrected chi connectivity index (χ2v) is 6.80. The molecule has 0 fully saturated rings. The molecule has 0 saturated carbocycles. The minimum absolute atomic E-state index is 0.106. The summed E-state index contributed by atoms with van der Waals surface area (Å²) < 4.78 is 5.38. The van der Waals surface area contributed by atoms with Gasteiger partial charge in [0.2, 0.25) is 5.91 Å². The first-order chi connectivity index (χ1) is 13.1. The van der Waals surface area contributed by atoms with Gasteiger partial charge in [-0.2, -0.15) is 0 Å². The van der Waals surface area contributed by atoms with Crippen molar-refractivity contribution in [3.8, 4) is 5.75 Å². The van der Waals surface area contributed by atoms with Crippen LogP contribution in [0.25, 0.3) is 0 Å². The Labute approximate surface area is 164 Å². The third-order valence-corrected chi connectivity index (χ3v) is 4.62. The summed E-state index contributed by atoms with van der Waals surface area (Å²) in [6.45, 7) is 1.97. The average molecular weight is 381 g/mol. The number of methoxy groups -OCH3 is 1. The first-order valence-electron chi connectivity index (χ1n) is 8.66. The Hall–Kier alpha value is -2.85. The van der Waals surface area contributed by atoms with Gasteiger partial charge < -0.3 is 10.1 Å². The largest absolute Gasteiger partial charge is 0.495 e. The van der Waals surface area contributed by atoms with Crippen molar-refractivity contribution in [1.82, 2.24) is 4.98 Å². The van der Waals surface area contributed by atoms with Gasteiger partial charge in [0.25, 0.3) is 0 Å². The van der Waals surface area contributed by atoms with E-state index in [1.54, 1.807) is 31.6 Å². The molecule has 4 nitrogen and oxygen atoms in total. The number of anilines is 1. The van der Waals surface area contributed by atoms with Gasteiger partial charge >= 0.3 is 0 Å². The lowest BCUT2D eigenvalue weighted by molar-refractivity contribution is -0.117. The van der Waals surface area contributed by atoms with E-state index in [0.717, 1.165) is 16.7 Å². The van der Waals surface area contributed by atoms with Gasteiger partial charge in [-0.3, -0.25) is 9.78 Å². The normalized spacial score (nSPS) is 11.7. The van der Waals surface area contributed by atoms with Gasteiger partial charge in [-0.05, 0) is 60.4 Å². The van der Waals surface area contributed by atoms with Crippen molar-refractivity contribution in [3.05, 3.63) is 88.7 Å². The number of amides is 1. The number of benzene rings is 2. The van der Waals surface area contributed by atoms with Crippen LogP contribution in [0.1, 0.15) is 22.6 Å². The van der Waals surface area contributed by atoms with E-state index >= 15 is 0 Å². The lowest BCUT2D eigenvalue weighted by Crippen LogP contribution is -2.23. The molecule has 1 unspecified atom stereocenters. The average Bonchev–Trinajstić information content (AvgIpc) is 2.68. The molecule has 5 heteroatoms. The molecule has 27 heavy (non-hydrogen) atoms. The van der Waals surface area contributed by atoms with Crippen LogP contribution in [0.2, 0.25) is 5.02 Å². The number of rotatable bonds is 6. The smallest absolute Gasteiger partial charge is 0.232 e. The third-order valence-electron chi connectivity index (χ3n) is 4.36. The van der Waals surface area contributed by atoms with Crippen molar-refractivity contribution in [2.24, 2.45) is 0 Å². The number of carbonyl (C=O) groups excluding carboxylic acids is 1. The van der Waals surface area contributed by atoms with Crippen LogP contribution in [-0.2, 0) is 11.2 Å². The van der Waals surface area contributed by atoms with Gasteiger partial charge in [0.15, 0.2) is 0 Å². The fraction of sp³-hybridized carbons (Fsp3) is 0.182. The SMILES string of the molecule is COc1ccc(C)cc1NC(=O)C(Cc1cccnc1)c1ccc(Cl)cc1. The van der Waals surface area contributed by atoms with Crippen LogP contribution < -0.4 is 10.1 Å². The number of nitrogens with one attached hydrogen (secondary N) is 1. The van der Waals surface area contributed by atoms with E-state index in [9.17, 15) is 4.79 Å². The van der Waals surface area contributed by atoms with E-state index in [2.05, 4.69) is 10.3 Å². The molecule has 1 aromatic heterocycles. The number of aryl methyl sites for hydroxylation is 1. The van der Waals surface area contributed by atoms with Crippen LogP contribution in [-0.4, -0.2) is 18.0 Å². The Kier molecular flexibility index (Phi) is 6.09. The number of nitrogens with zero attached hydrogens (tertiary/aromatic N) is 1. The van der Waals surface area contributed by atoms with Crippen LogP contribution in [0, 0.1) is 6.92 Å². The molecule has 0 radical (unpaired) electrons. The zero-order valence-electron chi connectivity index (χ0n) is 15.3. The Morgan fingerprint density at radius 1 is 1.19 bits per heavy atom. The first kappa shape index (κ1) is 18.9. The number of carbonyl (C=O) groups is 1. The Bertz CT molecular complexity index is 911. The van der Waals surface area contributed by atoms with Crippen LogP contribution in [0.3, 0.4) is 0 Å². The van der Waals surface area contributed by atoms with Gasteiger partial charge in [0, 0.05) is 17.4 Å². The number of ether oxygens (including phenoxy) is 1. The summed E-state index contributed by atoms with van der Waals surface area (Å²) in [5, 5.41) is 3.66. The van der Waals surface area contributed by atoms with Gasteiger partial charge in [0.05, 0.1) is 18.7 Å². The number of pyridine rings is 1. The third kappa shape index (κ3) is 4.86. The molecular weight excluding hydrogens is 360 g/mol. The van der Waals surface area contributed by atoms with Crippen molar-refractivity contribution < 1.29 is 9.53 Å². The molecule has 1 amide bonds. The Morgan fingerprint density at radius 2 is 1.96 bits per heavy atom. The molecule has 138 valence electrons. The van der Waals surface area contributed by atoms with Gasteiger partial charge in [-0.1, -0.05) is 35.9 Å². The monoisotopic (exact) mass is 380 g/mol. The molecule has 0 spiro atoms. The quantitative estimate of drug-likeness (QED) is 0.653. The molecular formula is C22H21ClN2O2. The molecule has 0 aliphatic heterocycles. The maximum absolute atomic E-state index is 13.2. The first-order valence-corrected chi connectivity index (χ1v) is 9.04. The Morgan fingerprint density at radius 3 is 2.63 bits per heavy atom. The maximum Gasteiger partial charge on any atom is 0.232 e. The Balaban J connectivity index is 1.91. The van der Waals surface area contributed by atoms with E-state index in [1.807, 2.05) is 49.4 Å². The standard InChI is InChI=1S/C22H21ClN2O2/c1-15-5-10-21(27-2)20(12-15)25-22(26)19(13-16-4-3-11-24-14-16)17-6-8-18(23)9-7-17/h3-12,14,19H,13H2,1-2H3,(H,25,26). The van der Waals surface area contributed by atoms with Crippen LogP contribution in [0.15, 0.2) is 67.0 Å². The zero-order chi connectivity index (χ0) is 19.2. The summed E-state index contributed by atoms with van der Waals surface area (Å²) in [6, 6.07) is 16.9. The van der Waals surface area contributed by atoms with E-state index in [4.69, 9.17) is 16.3 Å². The number of hydrogen-bond acceptors (Lipinski definition) is 3. The fourth-order valence-corrected chi connectivity index (χ4v) is 3.08. The maximum atomic E-state index is 13.2. The molecule has 0 aliphatic rings. The van der Waals surface area contributed by atoms with E-state index in [1.165, 1.54) is 0 Å². The zero-order valence-corrected chi connectivity index (χ0v) is 16.0. The molecule has 2 aromatic carbocycles. The predicted molar refractivity (Wildman–Crippen MR) is 108 cm³/mol. The summed E-state index contributed by atoms with van der Waals surface area (Å²) >= 11 is 6.02. The van der Waals surface area contributed by atoms with Gasteiger partial charge in [-0.15, -0.1) is 0 Å². The summed E-state index contributed by atoms with van der Waals surface area (Å²) in [5.74, 6) is 0.145. The van der Waals surface area contributed by atoms with E-state index in [0.29, 0.717) is 22.9 Å². The van der Waals surface area contributed by atoms with Crippen LogP contribution in [0.5, 0.6) is 5.75 Å². The second kappa shape index (κ2) is 8.69. The highest BCUT2D eigenvalue weighted by atomic mass is 35.5. The van der Waals surface area contributed by atoms with Crippen molar-refractivity contribution in [1.29, 1.82) is 0 Å². The van der Waals surface area contributed by atoms with E-state index < -0.39 is 0 Å². The molecule has 1 heterocycles. The molecule has 0 bridgehead atoms. The molecule has 3 rings (SSSR count). The minimum Gasteiger partial charge on any atom is -0.495 e. The highest BCUT2D eigenvalue weighted by Gasteiger charge is 2.22. The van der Waals surface area contributed by atoms with Crippen molar-refractivity contribution in [2.45, 2.75) is 19.3 Å². The van der Waals surface area contributed by atoms with Crippen LogP contribution >= 0.6 is 11.6 Å². The van der Waals surface area contributed by atoms with E-state index in [-0.39, 0.29) is 11.8 Å². The summed E-state index contributed by atoms with van der Waals surface area (Å²) in [7, 11) is 1.59. The summed E-state index contributed by atoms with van der Waals surface area (Å²) in [5.41, 5.74) is 3.59. The minimum atomic E-state index is -0.378. The van der Waals surface area contributed by atoms with Crippen molar-refractivity contribution in [3.63, 3.8) is 0 Å². The van der Waals surface area contributed by atoms with Gasteiger partial charge in [0.1, 0.15) is 5.75 Å². The predicted octanol–water partition coefficient (Wildman–Crippen LogP) is 5.02. The molecule has 0 aliphatic carbocycles.